The molecule has 0 aliphatic carbocycles. The van der Waals surface area contributed by atoms with Gasteiger partial charge < -0.3 is 20.3 Å². The Kier molecular flexibility index (Phi) is 7.06. The van der Waals surface area contributed by atoms with Crippen molar-refractivity contribution in [1.82, 2.24) is 5.32 Å². The Morgan fingerprint density at radius 3 is 2.46 bits per heavy atom. The SMILES string of the molecule is COCCNC(=O)CC(=O)Nc1ccc(N2CCC(C)CC2)cc1. The van der Waals surface area contributed by atoms with Gasteiger partial charge in [-0.15, -0.1) is 0 Å². The Bertz CT molecular complexity index is 537. The van der Waals surface area contributed by atoms with Crippen LogP contribution in [0.5, 0.6) is 0 Å². The maximum atomic E-state index is 11.9. The van der Waals surface area contributed by atoms with Crippen LogP contribution in [0.15, 0.2) is 24.3 Å². The van der Waals surface area contributed by atoms with Gasteiger partial charge in [-0.25, -0.2) is 0 Å². The fraction of sp³-hybridized carbons (Fsp3) is 0.556. The number of ether oxygens (including phenoxy) is 1. The molecule has 0 bridgehead atoms. The summed E-state index contributed by atoms with van der Waals surface area (Å²) >= 11 is 0. The lowest BCUT2D eigenvalue weighted by Gasteiger charge is -2.32. The molecule has 2 rings (SSSR count). The number of carbonyl (C=O) groups is 2. The quantitative estimate of drug-likeness (QED) is 0.591. The van der Waals surface area contributed by atoms with Gasteiger partial charge in [0.25, 0.3) is 0 Å². The van der Waals surface area contributed by atoms with E-state index in [1.54, 1.807) is 7.11 Å². The van der Waals surface area contributed by atoms with E-state index in [1.165, 1.54) is 18.5 Å². The van der Waals surface area contributed by atoms with Gasteiger partial charge in [0.05, 0.1) is 6.61 Å². The zero-order chi connectivity index (χ0) is 17.4. The van der Waals surface area contributed by atoms with E-state index in [0.29, 0.717) is 18.8 Å². The number of rotatable bonds is 7. The van der Waals surface area contributed by atoms with Crippen LogP contribution in [0.1, 0.15) is 26.2 Å². The standard InChI is InChI=1S/C18H27N3O3/c1-14-7-10-21(11-8-14)16-5-3-15(4-6-16)20-18(23)13-17(22)19-9-12-24-2/h3-6,14H,7-13H2,1-2H3,(H,19,22)(H,20,23). The third-order valence-corrected chi connectivity index (χ3v) is 4.25. The first-order chi connectivity index (χ1) is 11.6. The number of nitrogens with zero attached hydrogens (tertiary/aromatic N) is 1. The molecule has 6 heteroatoms. The van der Waals surface area contributed by atoms with Gasteiger partial charge in [-0.2, -0.15) is 0 Å². The molecule has 0 saturated carbocycles. The van der Waals surface area contributed by atoms with Crippen molar-refractivity contribution < 1.29 is 14.3 Å². The molecular formula is C18H27N3O3. The van der Waals surface area contributed by atoms with Crippen LogP contribution in [-0.2, 0) is 14.3 Å². The van der Waals surface area contributed by atoms with Crippen molar-refractivity contribution in [3.8, 4) is 0 Å². The van der Waals surface area contributed by atoms with Crippen LogP contribution in [0.2, 0.25) is 0 Å². The average Bonchev–Trinajstić information content (AvgIpc) is 2.56. The topological polar surface area (TPSA) is 70.7 Å². The monoisotopic (exact) mass is 333 g/mol. The van der Waals surface area contributed by atoms with Crippen LogP contribution < -0.4 is 15.5 Å². The largest absolute Gasteiger partial charge is 0.383 e. The molecule has 0 atom stereocenters. The van der Waals surface area contributed by atoms with E-state index < -0.39 is 0 Å². The third kappa shape index (κ3) is 5.85. The Hall–Kier alpha value is -2.08. The summed E-state index contributed by atoms with van der Waals surface area (Å²) in [6.45, 7) is 5.29. The third-order valence-electron chi connectivity index (χ3n) is 4.25. The molecule has 0 radical (unpaired) electrons. The molecule has 1 aromatic rings. The molecule has 0 spiro atoms. The van der Waals surface area contributed by atoms with Gasteiger partial charge in [-0.3, -0.25) is 9.59 Å². The summed E-state index contributed by atoms with van der Waals surface area (Å²) in [5, 5.41) is 5.38. The van der Waals surface area contributed by atoms with Crippen LogP contribution in [0, 0.1) is 5.92 Å². The lowest BCUT2D eigenvalue weighted by Crippen LogP contribution is -2.32. The minimum absolute atomic E-state index is 0.185. The van der Waals surface area contributed by atoms with Crippen LogP contribution in [0.25, 0.3) is 0 Å². The van der Waals surface area contributed by atoms with E-state index >= 15 is 0 Å². The molecule has 6 nitrogen and oxygen atoms in total. The second kappa shape index (κ2) is 9.27. The maximum Gasteiger partial charge on any atom is 0.233 e. The average molecular weight is 333 g/mol. The number of methoxy groups -OCH3 is 1. The van der Waals surface area contributed by atoms with Crippen LogP contribution in [0.3, 0.4) is 0 Å². The second-order valence-corrected chi connectivity index (χ2v) is 6.28. The summed E-state index contributed by atoms with van der Waals surface area (Å²) in [6.07, 6.45) is 2.25. The van der Waals surface area contributed by atoms with Crippen molar-refractivity contribution >= 4 is 23.2 Å². The highest BCUT2D eigenvalue weighted by atomic mass is 16.5. The number of hydrogen-bond acceptors (Lipinski definition) is 4. The molecule has 1 fully saturated rings. The van der Waals surface area contributed by atoms with Gasteiger partial charge in [0.2, 0.25) is 11.8 Å². The zero-order valence-corrected chi connectivity index (χ0v) is 14.5. The number of benzene rings is 1. The normalized spacial score (nSPS) is 15.2. The summed E-state index contributed by atoms with van der Waals surface area (Å²) in [7, 11) is 1.56. The van der Waals surface area contributed by atoms with Crippen molar-refractivity contribution in [3.63, 3.8) is 0 Å². The minimum Gasteiger partial charge on any atom is -0.383 e. The second-order valence-electron chi connectivity index (χ2n) is 6.28. The molecule has 1 heterocycles. The summed E-state index contributed by atoms with van der Waals surface area (Å²) in [5.41, 5.74) is 1.89. The van der Waals surface area contributed by atoms with E-state index in [9.17, 15) is 9.59 Å². The van der Waals surface area contributed by atoms with Crippen molar-refractivity contribution in [2.24, 2.45) is 5.92 Å². The Morgan fingerprint density at radius 1 is 1.17 bits per heavy atom. The predicted molar refractivity (Wildman–Crippen MR) is 95.2 cm³/mol. The van der Waals surface area contributed by atoms with Crippen LogP contribution in [0.4, 0.5) is 11.4 Å². The van der Waals surface area contributed by atoms with E-state index in [1.807, 2.05) is 24.3 Å². The molecule has 0 unspecified atom stereocenters. The van der Waals surface area contributed by atoms with E-state index in [2.05, 4.69) is 22.5 Å². The van der Waals surface area contributed by atoms with Crippen molar-refractivity contribution in [2.45, 2.75) is 26.2 Å². The number of piperidine rings is 1. The molecule has 1 aliphatic heterocycles. The minimum atomic E-state index is -0.315. The Labute approximate surface area is 143 Å². The van der Waals surface area contributed by atoms with E-state index in [4.69, 9.17) is 4.74 Å². The van der Waals surface area contributed by atoms with Gasteiger partial charge in [-0.05, 0) is 43.0 Å². The van der Waals surface area contributed by atoms with Crippen molar-refractivity contribution in [3.05, 3.63) is 24.3 Å². The van der Waals surface area contributed by atoms with Gasteiger partial charge in [0.1, 0.15) is 6.42 Å². The summed E-state index contributed by atoms with van der Waals surface area (Å²) in [6, 6.07) is 7.80. The maximum absolute atomic E-state index is 11.9. The number of anilines is 2. The fourth-order valence-electron chi connectivity index (χ4n) is 2.73. The van der Waals surface area contributed by atoms with Gasteiger partial charge in [-0.1, -0.05) is 6.92 Å². The lowest BCUT2D eigenvalue weighted by molar-refractivity contribution is -0.126. The number of amides is 2. The van der Waals surface area contributed by atoms with Crippen LogP contribution in [-0.4, -0.2) is 45.2 Å². The van der Waals surface area contributed by atoms with E-state index in [-0.39, 0.29) is 18.2 Å². The molecule has 132 valence electrons. The van der Waals surface area contributed by atoms with Crippen LogP contribution >= 0.6 is 0 Å². The molecule has 2 amide bonds. The van der Waals surface area contributed by atoms with Crippen molar-refractivity contribution in [2.75, 3.05) is 43.6 Å². The zero-order valence-electron chi connectivity index (χ0n) is 14.5. The predicted octanol–water partition coefficient (Wildman–Crippen LogP) is 2.01. The lowest BCUT2D eigenvalue weighted by atomic mass is 9.99. The summed E-state index contributed by atoms with van der Waals surface area (Å²) in [4.78, 5) is 25.8. The van der Waals surface area contributed by atoms with Gasteiger partial charge in [0, 0.05) is 38.1 Å². The van der Waals surface area contributed by atoms with Crippen molar-refractivity contribution in [1.29, 1.82) is 0 Å². The highest BCUT2D eigenvalue weighted by molar-refractivity contribution is 6.03. The number of nitrogens with one attached hydrogen (secondary N) is 2. The first kappa shape index (κ1) is 18.3. The molecule has 2 N–H and O–H groups in total. The summed E-state index contributed by atoms with van der Waals surface area (Å²) in [5.74, 6) is 0.183. The van der Waals surface area contributed by atoms with Gasteiger partial charge in [0.15, 0.2) is 0 Å². The first-order valence-electron chi connectivity index (χ1n) is 8.49. The highest BCUT2D eigenvalue weighted by Crippen LogP contribution is 2.24. The molecule has 1 aromatic carbocycles. The first-order valence-corrected chi connectivity index (χ1v) is 8.49. The number of carbonyl (C=O) groups excluding carboxylic acids is 2. The molecule has 1 aliphatic rings. The molecule has 24 heavy (non-hydrogen) atoms. The molecular weight excluding hydrogens is 306 g/mol. The smallest absolute Gasteiger partial charge is 0.233 e. The Morgan fingerprint density at radius 2 is 1.83 bits per heavy atom. The summed E-state index contributed by atoms with van der Waals surface area (Å²) < 4.78 is 4.84. The van der Waals surface area contributed by atoms with Gasteiger partial charge >= 0.3 is 0 Å². The molecule has 1 saturated heterocycles. The molecule has 0 aromatic heterocycles. The number of hydrogen-bond donors (Lipinski definition) is 2. The Balaban J connectivity index is 1.78. The fourth-order valence-corrected chi connectivity index (χ4v) is 2.73. The highest BCUT2D eigenvalue weighted by Gasteiger charge is 2.16. The van der Waals surface area contributed by atoms with E-state index in [0.717, 1.165) is 19.0 Å².